The quantitative estimate of drug-likeness (QED) is 0.623. The molecule has 136 valence electrons. The van der Waals surface area contributed by atoms with Crippen LogP contribution in [0, 0.1) is 5.82 Å². The monoisotopic (exact) mass is 397 g/mol. The van der Waals surface area contributed by atoms with Crippen LogP contribution in [-0.4, -0.2) is 23.2 Å². The number of hydrogen-bond acceptors (Lipinski definition) is 4. The summed E-state index contributed by atoms with van der Waals surface area (Å²) in [5.74, 6) is -0.483. The first kappa shape index (κ1) is 18.3. The second-order valence-corrected chi connectivity index (χ2v) is 6.21. The summed E-state index contributed by atoms with van der Waals surface area (Å²) in [6, 6.07) is 7.72. The van der Waals surface area contributed by atoms with Crippen LogP contribution in [0.15, 0.2) is 30.3 Å². The van der Waals surface area contributed by atoms with Crippen LogP contribution < -0.4 is 10.1 Å². The third-order valence-electron chi connectivity index (χ3n) is 3.65. The fraction of sp³-hybridized carbons (Fsp3) is 0.176. The van der Waals surface area contributed by atoms with Crippen LogP contribution in [0.25, 0.3) is 11.0 Å². The van der Waals surface area contributed by atoms with Crippen molar-refractivity contribution in [1.29, 1.82) is 0 Å². The Kier molecular flexibility index (Phi) is 5.20. The molecule has 26 heavy (non-hydrogen) atoms. The molecule has 0 fully saturated rings. The molecule has 9 heteroatoms. The second kappa shape index (κ2) is 7.39. The van der Waals surface area contributed by atoms with Crippen LogP contribution in [0.5, 0.6) is 5.75 Å². The summed E-state index contributed by atoms with van der Waals surface area (Å²) in [6.45, 7) is 1.71. The first-order valence-corrected chi connectivity index (χ1v) is 8.29. The second-order valence-electron chi connectivity index (χ2n) is 5.40. The molecular formula is C17H14Cl2FN3O3. The van der Waals surface area contributed by atoms with Crippen molar-refractivity contribution >= 4 is 46.3 Å². The Hall–Kier alpha value is -2.51. The van der Waals surface area contributed by atoms with Gasteiger partial charge in [0.15, 0.2) is 11.6 Å². The molecule has 1 amide bonds. The van der Waals surface area contributed by atoms with Gasteiger partial charge >= 0.3 is 6.09 Å². The standard InChI is InChI=1S/C17H14Cl2FN3O3/c1-8(15-9(18)4-3-5-10(15)19)26-14-7-13-12(6-11(14)20)21-16(22-13)23-17(24)25-2/h3-8H,1-2H3,(H2,21,22,23,24). The number of carbonyl (C=O) groups excluding carboxylic acids is 1. The van der Waals surface area contributed by atoms with Gasteiger partial charge < -0.3 is 14.5 Å². The lowest BCUT2D eigenvalue weighted by Crippen LogP contribution is -2.11. The molecule has 0 spiro atoms. The highest BCUT2D eigenvalue weighted by Crippen LogP contribution is 2.34. The van der Waals surface area contributed by atoms with E-state index >= 15 is 0 Å². The summed E-state index contributed by atoms with van der Waals surface area (Å²) in [5, 5.41) is 3.23. The number of hydrogen-bond donors (Lipinski definition) is 2. The highest BCUT2D eigenvalue weighted by atomic mass is 35.5. The summed E-state index contributed by atoms with van der Waals surface area (Å²) < 4.78 is 24.6. The van der Waals surface area contributed by atoms with E-state index in [9.17, 15) is 9.18 Å². The first-order valence-electron chi connectivity index (χ1n) is 7.54. The van der Waals surface area contributed by atoms with E-state index in [1.54, 1.807) is 25.1 Å². The number of nitrogens with one attached hydrogen (secondary N) is 2. The number of rotatable bonds is 4. The molecule has 2 N–H and O–H groups in total. The van der Waals surface area contributed by atoms with E-state index in [4.69, 9.17) is 27.9 Å². The zero-order valence-electron chi connectivity index (χ0n) is 13.8. The van der Waals surface area contributed by atoms with E-state index < -0.39 is 18.0 Å². The number of anilines is 1. The third kappa shape index (κ3) is 3.68. The average molecular weight is 398 g/mol. The van der Waals surface area contributed by atoms with Gasteiger partial charge in [0.25, 0.3) is 0 Å². The molecule has 1 unspecified atom stereocenters. The predicted octanol–water partition coefficient (Wildman–Crippen LogP) is 5.33. The Labute approximate surface area is 158 Å². The van der Waals surface area contributed by atoms with Gasteiger partial charge in [-0.05, 0) is 19.1 Å². The summed E-state index contributed by atoms with van der Waals surface area (Å²) in [6.07, 6.45) is -1.28. The third-order valence-corrected chi connectivity index (χ3v) is 4.31. The van der Waals surface area contributed by atoms with E-state index in [2.05, 4.69) is 20.0 Å². The van der Waals surface area contributed by atoms with Crippen LogP contribution in [0.4, 0.5) is 15.1 Å². The fourth-order valence-corrected chi connectivity index (χ4v) is 3.16. The van der Waals surface area contributed by atoms with Crippen LogP contribution in [0.1, 0.15) is 18.6 Å². The maximum absolute atomic E-state index is 14.4. The molecule has 0 bridgehead atoms. The zero-order chi connectivity index (χ0) is 18.8. The Morgan fingerprint density at radius 1 is 1.31 bits per heavy atom. The van der Waals surface area contributed by atoms with Crippen molar-refractivity contribution in [2.45, 2.75) is 13.0 Å². The molecule has 3 aromatic rings. The molecule has 3 rings (SSSR count). The van der Waals surface area contributed by atoms with Gasteiger partial charge in [-0.3, -0.25) is 5.32 Å². The minimum atomic E-state index is -0.692. The van der Waals surface area contributed by atoms with Crippen molar-refractivity contribution in [2.24, 2.45) is 0 Å². The Morgan fingerprint density at radius 2 is 2.00 bits per heavy atom. The van der Waals surface area contributed by atoms with Crippen molar-refractivity contribution in [2.75, 3.05) is 12.4 Å². The predicted molar refractivity (Wildman–Crippen MR) is 97.6 cm³/mol. The molecule has 0 aliphatic rings. The number of methoxy groups -OCH3 is 1. The molecule has 6 nitrogen and oxygen atoms in total. The van der Waals surface area contributed by atoms with E-state index in [0.717, 1.165) is 0 Å². The Bertz CT molecular complexity index is 957. The first-order chi connectivity index (χ1) is 12.4. The molecule has 0 radical (unpaired) electrons. The van der Waals surface area contributed by atoms with E-state index in [0.29, 0.717) is 26.6 Å². The van der Waals surface area contributed by atoms with Gasteiger partial charge in [-0.1, -0.05) is 29.3 Å². The average Bonchev–Trinajstić information content (AvgIpc) is 2.95. The van der Waals surface area contributed by atoms with Gasteiger partial charge in [0, 0.05) is 27.7 Å². The Morgan fingerprint density at radius 3 is 2.65 bits per heavy atom. The van der Waals surface area contributed by atoms with Gasteiger partial charge in [0.05, 0.1) is 18.1 Å². The molecular weight excluding hydrogens is 384 g/mol. The zero-order valence-corrected chi connectivity index (χ0v) is 15.3. The largest absolute Gasteiger partial charge is 0.483 e. The molecule has 0 saturated carbocycles. The number of imidazole rings is 1. The summed E-state index contributed by atoms with van der Waals surface area (Å²) in [4.78, 5) is 18.2. The van der Waals surface area contributed by atoms with Crippen molar-refractivity contribution in [3.05, 3.63) is 51.8 Å². The maximum Gasteiger partial charge on any atom is 0.413 e. The number of aromatic amines is 1. The number of benzene rings is 2. The van der Waals surface area contributed by atoms with Crippen molar-refractivity contribution < 1.29 is 18.7 Å². The number of halogens is 3. The molecule has 1 heterocycles. The van der Waals surface area contributed by atoms with Crippen LogP contribution in [0.2, 0.25) is 10.0 Å². The van der Waals surface area contributed by atoms with Gasteiger partial charge in [-0.15, -0.1) is 0 Å². The molecule has 0 aliphatic heterocycles. The lowest BCUT2D eigenvalue weighted by Gasteiger charge is -2.18. The minimum absolute atomic E-state index is 0.0166. The lowest BCUT2D eigenvalue weighted by atomic mass is 10.1. The van der Waals surface area contributed by atoms with Gasteiger partial charge in [0.1, 0.15) is 6.10 Å². The summed E-state index contributed by atoms with van der Waals surface area (Å²) in [5.41, 5.74) is 1.36. The molecule has 2 aromatic carbocycles. The van der Waals surface area contributed by atoms with Gasteiger partial charge in [0.2, 0.25) is 5.95 Å². The molecule has 1 aromatic heterocycles. The lowest BCUT2D eigenvalue weighted by molar-refractivity contribution is 0.186. The fourth-order valence-electron chi connectivity index (χ4n) is 2.46. The number of amides is 1. The van der Waals surface area contributed by atoms with Gasteiger partial charge in [-0.2, -0.15) is 0 Å². The highest BCUT2D eigenvalue weighted by Gasteiger charge is 2.18. The van der Waals surface area contributed by atoms with Crippen LogP contribution in [0.3, 0.4) is 0 Å². The number of fused-ring (bicyclic) bond motifs is 1. The SMILES string of the molecule is COC(=O)Nc1nc2cc(OC(C)c3c(Cl)cccc3Cl)c(F)cc2[nH]1. The highest BCUT2D eigenvalue weighted by molar-refractivity contribution is 6.36. The van der Waals surface area contributed by atoms with Crippen molar-refractivity contribution in [3.8, 4) is 5.75 Å². The smallest absolute Gasteiger partial charge is 0.413 e. The van der Waals surface area contributed by atoms with Crippen molar-refractivity contribution in [1.82, 2.24) is 9.97 Å². The molecule has 0 saturated heterocycles. The number of H-pyrrole nitrogens is 1. The summed E-state index contributed by atoms with van der Waals surface area (Å²) in [7, 11) is 1.23. The summed E-state index contributed by atoms with van der Waals surface area (Å²) >= 11 is 12.3. The number of carbonyl (C=O) groups is 1. The Balaban J connectivity index is 1.90. The number of nitrogens with zero attached hydrogens (tertiary/aromatic N) is 1. The maximum atomic E-state index is 14.4. The van der Waals surface area contributed by atoms with Crippen molar-refractivity contribution in [3.63, 3.8) is 0 Å². The minimum Gasteiger partial charge on any atom is -0.483 e. The normalized spacial score (nSPS) is 12.0. The number of ether oxygens (including phenoxy) is 2. The van der Waals surface area contributed by atoms with Gasteiger partial charge in [-0.25, -0.2) is 14.2 Å². The van der Waals surface area contributed by atoms with E-state index in [1.807, 2.05) is 0 Å². The topological polar surface area (TPSA) is 76.2 Å². The van der Waals surface area contributed by atoms with Crippen LogP contribution >= 0.6 is 23.2 Å². The number of aromatic nitrogens is 2. The molecule has 1 atom stereocenters. The van der Waals surface area contributed by atoms with E-state index in [-0.39, 0.29) is 11.7 Å². The van der Waals surface area contributed by atoms with E-state index in [1.165, 1.54) is 19.2 Å². The molecule has 0 aliphatic carbocycles. The van der Waals surface area contributed by atoms with Crippen LogP contribution in [-0.2, 0) is 4.74 Å².